The molecule has 0 fully saturated rings. The molecule has 1 aromatic carbocycles. The molecule has 1 heterocycles. The van der Waals surface area contributed by atoms with Gasteiger partial charge in [0.1, 0.15) is 10.8 Å². The Labute approximate surface area is 119 Å². The lowest BCUT2D eigenvalue weighted by molar-refractivity contribution is -0.113. The van der Waals surface area contributed by atoms with E-state index >= 15 is 0 Å². The van der Waals surface area contributed by atoms with Crippen molar-refractivity contribution in [3.05, 3.63) is 42.0 Å². The molecule has 2 rings (SSSR count). The smallest absolute Gasteiger partial charge is 0.234 e. The molecule has 0 unspecified atom stereocenters. The fraction of sp³-hybridized carbons (Fsp3) is 0.154. The average Bonchev–Trinajstić information content (AvgIpc) is 2.42. The fourth-order valence-electron chi connectivity index (χ4n) is 1.45. The monoisotopic (exact) mass is 292 g/mol. The van der Waals surface area contributed by atoms with Crippen molar-refractivity contribution in [3.8, 4) is 0 Å². The van der Waals surface area contributed by atoms with Crippen LogP contribution in [0.2, 0.25) is 0 Å². The van der Waals surface area contributed by atoms with Gasteiger partial charge < -0.3 is 11.1 Å². The van der Waals surface area contributed by atoms with E-state index in [4.69, 9.17) is 5.73 Å². The molecule has 0 radical (unpaired) electrons. The summed E-state index contributed by atoms with van der Waals surface area (Å²) in [6.07, 6.45) is 2.99. The summed E-state index contributed by atoms with van der Waals surface area (Å²) in [4.78, 5) is 19.6. The van der Waals surface area contributed by atoms with Gasteiger partial charge in [0.2, 0.25) is 5.91 Å². The molecule has 104 valence electrons. The van der Waals surface area contributed by atoms with E-state index < -0.39 is 0 Å². The highest BCUT2D eigenvalue weighted by atomic mass is 32.2. The molecule has 2 aromatic rings. The summed E-state index contributed by atoms with van der Waals surface area (Å²) in [5, 5.41) is 3.11. The number of aromatic nitrogens is 2. The largest absolute Gasteiger partial charge is 0.381 e. The number of hydrogen-bond donors (Lipinski definition) is 2. The lowest BCUT2D eigenvalue weighted by atomic mass is 10.2. The van der Waals surface area contributed by atoms with Crippen molar-refractivity contribution in [2.75, 3.05) is 16.8 Å². The Morgan fingerprint density at radius 3 is 2.85 bits per heavy atom. The first-order valence-corrected chi connectivity index (χ1v) is 6.80. The number of amides is 1. The number of carbonyl (C=O) groups is 1. The van der Waals surface area contributed by atoms with Crippen molar-refractivity contribution in [1.29, 1.82) is 0 Å². The molecule has 0 atom stereocenters. The van der Waals surface area contributed by atoms with E-state index in [1.165, 1.54) is 30.2 Å². The Hall–Kier alpha value is -2.15. The van der Waals surface area contributed by atoms with Crippen molar-refractivity contribution >= 4 is 29.2 Å². The first kappa shape index (κ1) is 14.3. The molecule has 3 N–H and O–H groups in total. The number of nitrogen functional groups attached to an aromatic ring is 1. The molecule has 0 aliphatic heterocycles. The molecular weight excluding hydrogens is 279 g/mol. The topological polar surface area (TPSA) is 80.9 Å². The fourth-order valence-corrected chi connectivity index (χ4v) is 2.12. The van der Waals surface area contributed by atoms with Gasteiger partial charge in [0, 0.05) is 18.1 Å². The first-order valence-electron chi connectivity index (χ1n) is 5.81. The minimum Gasteiger partial charge on any atom is -0.381 e. The SMILES string of the molecule is Cc1ccc(NC(=O)CSc2nccnc2N)cc1F. The minimum absolute atomic E-state index is 0.123. The Bertz CT molecular complexity index is 636. The van der Waals surface area contributed by atoms with Gasteiger partial charge in [0.25, 0.3) is 0 Å². The van der Waals surface area contributed by atoms with Crippen LogP contribution in [0.5, 0.6) is 0 Å². The maximum atomic E-state index is 13.3. The highest BCUT2D eigenvalue weighted by Crippen LogP contribution is 2.20. The third kappa shape index (κ3) is 3.67. The third-order valence-corrected chi connectivity index (χ3v) is 3.48. The maximum Gasteiger partial charge on any atom is 0.234 e. The number of nitrogens with one attached hydrogen (secondary N) is 1. The summed E-state index contributed by atoms with van der Waals surface area (Å²) >= 11 is 1.18. The quantitative estimate of drug-likeness (QED) is 0.845. The van der Waals surface area contributed by atoms with Gasteiger partial charge in [-0.25, -0.2) is 14.4 Å². The Morgan fingerprint density at radius 2 is 2.15 bits per heavy atom. The average molecular weight is 292 g/mol. The number of halogens is 1. The van der Waals surface area contributed by atoms with Crippen molar-refractivity contribution in [3.63, 3.8) is 0 Å². The molecule has 1 amide bonds. The standard InChI is InChI=1S/C13H13FN4OS/c1-8-2-3-9(6-10(8)14)18-11(19)7-20-13-12(15)16-4-5-17-13/h2-6H,7H2,1H3,(H2,15,16)(H,18,19). The molecule has 0 spiro atoms. The maximum absolute atomic E-state index is 13.3. The molecule has 20 heavy (non-hydrogen) atoms. The van der Waals surface area contributed by atoms with E-state index in [2.05, 4.69) is 15.3 Å². The molecule has 0 saturated heterocycles. The molecule has 0 bridgehead atoms. The number of carbonyl (C=O) groups excluding carboxylic acids is 1. The van der Waals surface area contributed by atoms with Crippen molar-refractivity contribution < 1.29 is 9.18 Å². The molecule has 0 saturated carbocycles. The van der Waals surface area contributed by atoms with Crippen molar-refractivity contribution in [1.82, 2.24) is 9.97 Å². The number of thioether (sulfide) groups is 1. The summed E-state index contributed by atoms with van der Waals surface area (Å²) in [6.45, 7) is 1.66. The van der Waals surface area contributed by atoms with E-state index in [9.17, 15) is 9.18 Å². The van der Waals surface area contributed by atoms with Gasteiger partial charge in [-0.2, -0.15) is 0 Å². The number of benzene rings is 1. The predicted molar refractivity (Wildman–Crippen MR) is 76.9 cm³/mol. The third-order valence-electron chi connectivity index (χ3n) is 2.49. The molecule has 0 aliphatic rings. The Kier molecular flexibility index (Phi) is 4.52. The van der Waals surface area contributed by atoms with Gasteiger partial charge in [0.15, 0.2) is 5.82 Å². The van der Waals surface area contributed by atoms with Crippen LogP contribution < -0.4 is 11.1 Å². The van der Waals surface area contributed by atoms with Crippen molar-refractivity contribution in [2.45, 2.75) is 11.9 Å². The zero-order valence-corrected chi connectivity index (χ0v) is 11.6. The van der Waals surface area contributed by atoms with Gasteiger partial charge in [-0.1, -0.05) is 17.8 Å². The number of hydrogen-bond acceptors (Lipinski definition) is 5. The Balaban J connectivity index is 1.93. The molecule has 1 aromatic heterocycles. The van der Waals surface area contributed by atoms with Crippen LogP contribution in [0.1, 0.15) is 5.56 Å². The second-order valence-corrected chi connectivity index (χ2v) is 5.01. The first-order chi connectivity index (χ1) is 9.56. The van der Waals surface area contributed by atoms with E-state index in [0.29, 0.717) is 16.3 Å². The van der Waals surface area contributed by atoms with Crippen LogP contribution in [-0.4, -0.2) is 21.6 Å². The van der Waals surface area contributed by atoms with Gasteiger partial charge >= 0.3 is 0 Å². The molecule has 5 nitrogen and oxygen atoms in total. The number of rotatable bonds is 4. The van der Waals surface area contributed by atoms with Crippen LogP contribution in [0.4, 0.5) is 15.9 Å². The van der Waals surface area contributed by atoms with E-state index in [0.717, 1.165) is 0 Å². The van der Waals surface area contributed by atoms with Crippen molar-refractivity contribution in [2.24, 2.45) is 0 Å². The lowest BCUT2D eigenvalue weighted by Gasteiger charge is -2.06. The second-order valence-electron chi connectivity index (χ2n) is 4.05. The normalized spacial score (nSPS) is 10.3. The van der Waals surface area contributed by atoms with E-state index in [1.807, 2.05) is 0 Å². The molecule has 7 heteroatoms. The second kappa shape index (κ2) is 6.33. The number of nitrogens with two attached hydrogens (primary N) is 1. The molecular formula is C13H13FN4OS. The summed E-state index contributed by atoms with van der Waals surface area (Å²) < 4.78 is 13.3. The summed E-state index contributed by atoms with van der Waals surface area (Å²) in [5.41, 5.74) is 6.57. The van der Waals surface area contributed by atoms with Gasteiger partial charge in [-0.3, -0.25) is 4.79 Å². The van der Waals surface area contributed by atoms with Crippen LogP contribution in [0.3, 0.4) is 0 Å². The lowest BCUT2D eigenvalue weighted by Crippen LogP contribution is -2.14. The zero-order chi connectivity index (χ0) is 14.5. The molecule has 0 aliphatic carbocycles. The van der Waals surface area contributed by atoms with Crippen LogP contribution in [-0.2, 0) is 4.79 Å². The van der Waals surface area contributed by atoms with Crippen LogP contribution in [0.15, 0.2) is 35.6 Å². The van der Waals surface area contributed by atoms with E-state index in [1.54, 1.807) is 19.1 Å². The van der Waals surface area contributed by atoms with Gasteiger partial charge in [-0.15, -0.1) is 0 Å². The summed E-state index contributed by atoms with van der Waals surface area (Å²) in [7, 11) is 0. The highest BCUT2D eigenvalue weighted by molar-refractivity contribution is 8.00. The van der Waals surface area contributed by atoms with Crippen LogP contribution in [0.25, 0.3) is 0 Å². The van der Waals surface area contributed by atoms with Gasteiger partial charge in [-0.05, 0) is 24.6 Å². The van der Waals surface area contributed by atoms with E-state index in [-0.39, 0.29) is 23.3 Å². The number of nitrogens with zero attached hydrogens (tertiary/aromatic N) is 2. The zero-order valence-electron chi connectivity index (χ0n) is 10.8. The summed E-state index contributed by atoms with van der Waals surface area (Å²) in [5.74, 6) is -0.207. The highest BCUT2D eigenvalue weighted by Gasteiger charge is 2.08. The summed E-state index contributed by atoms with van der Waals surface area (Å²) in [6, 6.07) is 4.55. The van der Waals surface area contributed by atoms with Crippen LogP contribution >= 0.6 is 11.8 Å². The van der Waals surface area contributed by atoms with Gasteiger partial charge in [0.05, 0.1) is 5.75 Å². The van der Waals surface area contributed by atoms with Crippen LogP contribution in [0, 0.1) is 12.7 Å². The predicted octanol–water partition coefficient (Wildman–Crippen LogP) is 2.24. The Morgan fingerprint density at radius 1 is 1.40 bits per heavy atom. The number of anilines is 2. The minimum atomic E-state index is -0.353. The number of aryl methyl sites for hydroxylation is 1.